The maximum absolute atomic E-state index is 11.0. The maximum Gasteiger partial charge on any atom is 0.146 e. The van der Waals surface area contributed by atoms with E-state index in [0.29, 0.717) is 37.4 Å². The van der Waals surface area contributed by atoms with Crippen molar-refractivity contribution in [1.82, 2.24) is 0 Å². The summed E-state index contributed by atoms with van der Waals surface area (Å²) in [5.74, 6) is 0.620. The van der Waals surface area contributed by atoms with Gasteiger partial charge in [-0.05, 0) is 18.1 Å². The Morgan fingerprint density at radius 1 is 1.53 bits per heavy atom. The Hall–Kier alpha value is -1.63. The highest BCUT2D eigenvalue weighted by molar-refractivity contribution is 5.70. The first-order valence-corrected chi connectivity index (χ1v) is 6.11. The van der Waals surface area contributed by atoms with Gasteiger partial charge in [0.2, 0.25) is 0 Å². The van der Waals surface area contributed by atoms with E-state index in [1.165, 1.54) is 0 Å². The highest BCUT2D eigenvalue weighted by atomic mass is 16.5. The van der Waals surface area contributed by atoms with Crippen LogP contribution in [-0.2, 0) is 16.0 Å². The summed E-state index contributed by atoms with van der Waals surface area (Å²) in [6, 6.07) is 4.24. The summed E-state index contributed by atoms with van der Waals surface area (Å²) in [6.45, 7) is 0.916. The lowest BCUT2D eigenvalue weighted by Gasteiger charge is -2.35. The number of carbonyl (C=O) groups is 1. The Labute approximate surface area is 111 Å². The Balaban J connectivity index is 2.19. The molecule has 1 aliphatic heterocycles. The van der Waals surface area contributed by atoms with Gasteiger partial charge in [-0.2, -0.15) is 0 Å². The number of aldehydes is 1. The highest BCUT2D eigenvalue weighted by Crippen LogP contribution is 2.31. The summed E-state index contributed by atoms with van der Waals surface area (Å²) < 4.78 is 10.4. The lowest BCUT2D eigenvalue weighted by molar-refractivity contribution is -0.110. The molecule has 6 nitrogen and oxygen atoms in total. The van der Waals surface area contributed by atoms with Gasteiger partial charge in [0.25, 0.3) is 0 Å². The maximum atomic E-state index is 11.0. The average Bonchev–Trinajstić information content (AvgIpc) is 2.40. The van der Waals surface area contributed by atoms with Crippen LogP contribution in [0.4, 0.5) is 5.69 Å². The van der Waals surface area contributed by atoms with Crippen LogP contribution >= 0.6 is 0 Å². The van der Waals surface area contributed by atoms with Crippen molar-refractivity contribution in [3.8, 4) is 5.75 Å². The third-order valence-corrected chi connectivity index (χ3v) is 3.18. The number of hydrogen-bond acceptors (Lipinski definition) is 6. The molecule has 104 valence electrons. The standard InChI is InChI=1S/C13H18N2O4/c1-18-4-5-19-10-3-2-9-6-11(14)13(8-16)15(17)12(9)7-10/h2-3,7-8,11,13,17H,4-6,14H2,1H3. The first kappa shape index (κ1) is 13.8. The van der Waals surface area contributed by atoms with Gasteiger partial charge in [0.05, 0.1) is 12.3 Å². The summed E-state index contributed by atoms with van der Waals surface area (Å²) in [5, 5.41) is 10.9. The number of benzene rings is 1. The fraction of sp³-hybridized carbons (Fsp3) is 0.462. The number of fused-ring (bicyclic) bond motifs is 1. The van der Waals surface area contributed by atoms with Gasteiger partial charge >= 0.3 is 0 Å². The van der Waals surface area contributed by atoms with Crippen LogP contribution in [0.1, 0.15) is 5.56 Å². The van der Waals surface area contributed by atoms with E-state index in [1.807, 2.05) is 12.1 Å². The quantitative estimate of drug-likeness (QED) is 0.591. The number of anilines is 1. The van der Waals surface area contributed by atoms with E-state index in [2.05, 4.69) is 0 Å². The van der Waals surface area contributed by atoms with Crippen molar-refractivity contribution in [2.75, 3.05) is 25.4 Å². The normalized spacial score (nSPS) is 21.9. The van der Waals surface area contributed by atoms with Gasteiger partial charge in [0.15, 0.2) is 0 Å². The Morgan fingerprint density at radius 3 is 3.00 bits per heavy atom. The number of hydroxylamine groups is 1. The van der Waals surface area contributed by atoms with Gasteiger partial charge in [-0.15, -0.1) is 0 Å². The predicted octanol–water partition coefficient (Wildman–Crippen LogP) is 0.358. The minimum atomic E-state index is -0.721. The number of methoxy groups -OCH3 is 1. The molecule has 0 bridgehead atoms. The van der Waals surface area contributed by atoms with E-state index < -0.39 is 12.1 Å². The van der Waals surface area contributed by atoms with E-state index in [4.69, 9.17) is 15.2 Å². The molecule has 1 aromatic carbocycles. The van der Waals surface area contributed by atoms with E-state index in [1.54, 1.807) is 13.2 Å². The molecule has 2 atom stereocenters. The molecule has 1 heterocycles. The number of nitrogens with zero attached hydrogens (tertiary/aromatic N) is 1. The summed E-state index contributed by atoms with van der Waals surface area (Å²) in [4.78, 5) is 11.0. The molecule has 0 aromatic heterocycles. The van der Waals surface area contributed by atoms with Gasteiger partial charge in [0.1, 0.15) is 24.7 Å². The van der Waals surface area contributed by atoms with Crippen LogP contribution in [0.3, 0.4) is 0 Å². The van der Waals surface area contributed by atoms with Crippen molar-refractivity contribution in [1.29, 1.82) is 0 Å². The number of rotatable bonds is 5. The zero-order valence-corrected chi connectivity index (χ0v) is 10.8. The molecule has 0 saturated carbocycles. The van der Waals surface area contributed by atoms with Crippen LogP contribution in [-0.4, -0.2) is 43.9 Å². The largest absolute Gasteiger partial charge is 0.491 e. The molecular formula is C13H18N2O4. The summed E-state index contributed by atoms with van der Waals surface area (Å²) in [5.41, 5.74) is 7.31. The number of carbonyl (C=O) groups excluding carboxylic acids is 1. The molecule has 2 unspecified atom stereocenters. The molecule has 2 rings (SSSR count). The Bertz CT molecular complexity index is 452. The SMILES string of the molecule is COCCOc1ccc2c(c1)N(O)C(C=O)C(N)C2. The van der Waals surface area contributed by atoms with Gasteiger partial charge in [-0.25, -0.2) is 5.06 Å². The molecule has 0 amide bonds. The van der Waals surface area contributed by atoms with Crippen molar-refractivity contribution < 1.29 is 19.5 Å². The molecule has 0 aliphatic carbocycles. The van der Waals surface area contributed by atoms with Gasteiger partial charge in [-0.1, -0.05) is 6.07 Å². The van der Waals surface area contributed by atoms with Gasteiger partial charge in [-0.3, -0.25) is 5.21 Å². The van der Waals surface area contributed by atoms with Crippen LogP contribution in [0.5, 0.6) is 5.75 Å². The predicted molar refractivity (Wildman–Crippen MR) is 69.6 cm³/mol. The Morgan fingerprint density at radius 2 is 2.32 bits per heavy atom. The highest BCUT2D eigenvalue weighted by Gasteiger charge is 2.31. The summed E-state index contributed by atoms with van der Waals surface area (Å²) in [6.07, 6.45) is 1.21. The van der Waals surface area contributed by atoms with Crippen molar-refractivity contribution in [3.05, 3.63) is 23.8 Å². The number of ether oxygens (including phenoxy) is 2. The first-order valence-electron chi connectivity index (χ1n) is 6.11. The van der Waals surface area contributed by atoms with Crippen molar-refractivity contribution >= 4 is 12.0 Å². The summed E-state index contributed by atoms with van der Waals surface area (Å²) >= 11 is 0. The minimum absolute atomic E-state index is 0.407. The number of nitrogens with two attached hydrogens (primary N) is 1. The molecular weight excluding hydrogens is 248 g/mol. The molecule has 19 heavy (non-hydrogen) atoms. The van der Waals surface area contributed by atoms with Gasteiger partial charge < -0.3 is 20.0 Å². The molecule has 3 N–H and O–H groups in total. The van der Waals surface area contributed by atoms with E-state index in [0.717, 1.165) is 10.6 Å². The topological polar surface area (TPSA) is 85.0 Å². The fourth-order valence-electron chi connectivity index (χ4n) is 2.14. The summed E-state index contributed by atoms with van der Waals surface area (Å²) in [7, 11) is 1.60. The third kappa shape index (κ3) is 2.86. The van der Waals surface area contributed by atoms with Crippen LogP contribution in [0, 0.1) is 0 Å². The zero-order valence-electron chi connectivity index (χ0n) is 10.8. The van der Waals surface area contributed by atoms with Crippen LogP contribution in [0.15, 0.2) is 18.2 Å². The van der Waals surface area contributed by atoms with Crippen molar-refractivity contribution in [2.45, 2.75) is 18.5 Å². The second kappa shape index (κ2) is 6.01. The molecule has 0 radical (unpaired) electrons. The van der Waals surface area contributed by atoms with E-state index in [-0.39, 0.29) is 0 Å². The fourth-order valence-corrected chi connectivity index (χ4v) is 2.14. The Kier molecular flexibility index (Phi) is 4.36. The zero-order chi connectivity index (χ0) is 13.8. The lowest BCUT2D eigenvalue weighted by Crippen LogP contribution is -2.52. The van der Waals surface area contributed by atoms with Crippen molar-refractivity contribution in [2.24, 2.45) is 5.73 Å². The molecule has 1 aliphatic rings. The third-order valence-electron chi connectivity index (χ3n) is 3.18. The van der Waals surface area contributed by atoms with E-state index in [9.17, 15) is 10.0 Å². The molecule has 1 aromatic rings. The first-order chi connectivity index (χ1) is 9.17. The second-order valence-electron chi connectivity index (χ2n) is 4.47. The van der Waals surface area contributed by atoms with Crippen LogP contribution < -0.4 is 15.5 Å². The van der Waals surface area contributed by atoms with Gasteiger partial charge in [0, 0.05) is 19.2 Å². The molecule has 0 saturated heterocycles. The lowest BCUT2D eigenvalue weighted by atomic mass is 9.94. The van der Waals surface area contributed by atoms with Crippen LogP contribution in [0.2, 0.25) is 0 Å². The van der Waals surface area contributed by atoms with Crippen molar-refractivity contribution in [3.63, 3.8) is 0 Å². The average molecular weight is 266 g/mol. The molecule has 6 heteroatoms. The smallest absolute Gasteiger partial charge is 0.146 e. The number of hydrogen-bond donors (Lipinski definition) is 2. The minimum Gasteiger partial charge on any atom is -0.491 e. The molecule has 0 spiro atoms. The monoisotopic (exact) mass is 266 g/mol. The van der Waals surface area contributed by atoms with E-state index >= 15 is 0 Å². The van der Waals surface area contributed by atoms with Crippen LogP contribution in [0.25, 0.3) is 0 Å². The molecule has 0 fully saturated rings. The second-order valence-corrected chi connectivity index (χ2v) is 4.47.